The minimum absolute atomic E-state index is 0.0165. The first-order valence-corrected chi connectivity index (χ1v) is 6.87. The Kier molecular flexibility index (Phi) is 10.3. The van der Waals surface area contributed by atoms with E-state index in [1.54, 1.807) is 0 Å². The zero-order valence-electron chi connectivity index (χ0n) is 11.6. The van der Waals surface area contributed by atoms with Crippen molar-refractivity contribution in [1.29, 1.82) is 0 Å². The molecule has 5 heteroatoms. The van der Waals surface area contributed by atoms with Crippen molar-refractivity contribution in [3.05, 3.63) is 0 Å². The van der Waals surface area contributed by atoms with Gasteiger partial charge in [0.05, 0.1) is 13.1 Å². The molecule has 2 amide bonds. The number of amides is 2. The number of unbranched alkanes of at least 4 members (excludes halogenated alkanes) is 1. The number of carbonyl (C=O) groups is 2. The summed E-state index contributed by atoms with van der Waals surface area (Å²) >= 11 is 0. The lowest BCUT2D eigenvalue weighted by Crippen LogP contribution is -2.40. The van der Waals surface area contributed by atoms with Gasteiger partial charge in [0, 0.05) is 6.54 Å². The molecule has 0 aliphatic rings. The van der Waals surface area contributed by atoms with Crippen molar-refractivity contribution < 1.29 is 9.59 Å². The average molecular weight is 257 g/mol. The molecule has 106 valence electrons. The molecule has 0 spiro atoms. The molecule has 0 fully saturated rings. The largest absolute Gasteiger partial charge is 0.354 e. The Hall–Kier alpha value is -1.10. The molecule has 0 heterocycles. The summed E-state index contributed by atoms with van der Waals surface area (Å²) in [5, 5.41) is 5.32. The lowest BCUT2D eigenvalue weighted by atomic mass is 9.97. The molecule has 0 aliphatic carbocycles. The molecule has 0 saturated heterocycles. The molecular formula is C13H27N3O2. The summed E-state index contributed by atoms with van der Waals surface area (Å²) in [6.45, 7) is 4.96. The Morgan fingerprint density at radius 3 is 2.33 bits per heavy atom. The number of nitrogens with two attached hydrogens (primary N) is 1. The van der Waals surface area contributed by atoms with Crippen LogP contribution in [0.5, 0.6) is 0 Å². The van der Waals surface area contributed by atoms with Gasteiger partial charge in [0.2, 0.25) is 11.8 Å². The molecule has 0 bridgehead atoms. The highest BCUT2D eigenvalue weighted by Crippen LogP contribution is 2.13. The monoisotopic (exact) mass is 257 g/mol. The predicted octanol–water partition coefficient (Wildman–Crippen LogP) is 0.784. The molecule has 4 N–H and O–H groups in total. The van der Waals surface area contributed by atoms with E-state index in [-0.39, 0.29) is 24.9 Å². The predicted molar refractivity (Wildman–Crippen MR) is 73.0 cm³/mol. The molecule has 18 heavy (non-hydrogen) atoms. The third-order valence-electron chi connectivity index (χ3n) is 2.88. The first-order chi connectivity index (χ1) is 8.63. The third-order valence-corrected chi connectivity index (χ3v) is 2.88. The number of rotatable bonds is 10. The third kappa shape index (κ3) is 8.98. The lowest BCUT2D eigenvalue weighted by Gasteiger charge is -2.16. The number of nitrogens with one attached hydrogen (secondary N) is 2. The van der Waals surface area contributed by atoms with E-state index < -0.39 is 0 Å². The second-order valence-corrected chi connectivity index (χ2v) is 4.58. The van der Waals surface area contributed by atoms with Crippen molar-refractivity contribution >= 4 is 11.8 Å². The van der Waals surface area contributed by atoms with E-state index in [0.717, 1.165) is 19.3 Å². The molecular weight excluding hydrogens is 230 g/mol. The van der Waals surface area contributed by atoms with Crippen LogP contribution in [-0.2, 0) is 9.59 Å². The van der Waals surface area contributed by atoms with Gasteiger partial charge < -0.3 is 16.4 Å². The van der Waals surface area contributed by atoms with Gasteiger partial charge in [-0.15, -0.1) is 0 Å². The maximum atomic E-state index is 11.5. The van der Waals surface area contributed by atoms with E-state index in [9.17, 15) is 9.59 Å². The maximum absolute atomic E-state index is 11.5. The summed E-state index contributed by atoms with van der Waals surface area (Å²) in [6.07, 6.45) is 5.80. The van der Waals surface area contributed by atoms with Gasteiger partial charge in [-0.2, -0.15) is 0 Å². The number of carbonyl (C=O) groups excluding carboxylic acids is 2. The quantitative estimate of drug-likeness (QED) is 0.541. The van der Waals surface area contributed by atoms with Crippen LogP contribution in [-0.4, -0.2) is 31.4 Å². The maximum Gasteiger partial charge on any atom is 0.239 e. The lowest BCUT2D eigenvalue weighted by molar-refractivity contribution is -0.125. The van der Waals surface area contributed by atoms with Crippen molar-refractivity contribution in [2.24, 2.45) is 11.7 Å². The zero-order valence-corrected chi connectivity index (χ0v) is 11.6. The Balaban J connectivity index is 3.80. The fraction of sp³-hybridized carbons (Fsp3) is 0.846. The molecule has 0 aromatic carbocycles. The van der Waals surface area contributed by atoms with Crippen LogP contribution in [0.25, 0.3) is 0 Å². The summed E-state index contributed by atoms with van der Waals surface area (Å²) < 4.78 is 0. The molecule has 0 aromatic heterocycles. The smallest absolute Gasteiger partial charge is 0.239 e. The van der Waals surface area contributed by atoms with Gasteiger partial charge in [0.1, 0.15) is 0 Å². The topological polar surface area (TPSA) is 84.2 Å². The van der Waals surface area contributed by atoms with Crippen LogP contribution in [0.4, 0.5) is 0 Å². The summed E-state index contributed by atoms with van der Waals surface area (Å²) in [6, 6.07) is 0. The van der Waals surface area contributed by atoms with E-state index in [2.05, 4.69) is 24.5 Å². The average Bonchev–Trinajstić information content (AvgIpc) is 2.39. The fourth-order valence-corrected chi connectivity index (χ4v) is 1.82. The highest BCUT2D eigenvalue weighted by Gasteiger charge is 2.09. The molecule has 5 nitrogen and oxygen atoms in total. The first-order valence-electron chi connectivity index (χ1n) is 6.87. The van der Waals surface area contributed by atoms with E-state index in [4.69, 9.17) is 5.73 Å². The fourth-order valence-electron chi connectivity index (χ4n) is 1.82. The molecule has 0 aliphatic heterocycles. The van der Waals surface area contributed by atoms with Gasteiger partial charge in [0.25, 0.3) is 0 Å². The van der Waals surface area contributed by atoms with Crippen LogP contribution in [0.3, 0.4) is 0 Å². The number of hydrogen-bond donors (Lipinski definition) is 3. The SMILES string of the molecule is CCCCC(CCC)CNC(=O)CNC(=O)CN. The van der Waals surface area contributed by atoms with E-state index in [1.165, 1.54) is 12.8 Å². The summed E-state index contributed by atoms with van der Waals surface area (Å²) in [4.78, 5) is 22.4. The molecule has 0 radical (unpaired) electrons. The van der Waals surface area contributed by atoms with Crippen molar-refractivity contribution in [2.75, 3.05) is 19.6 Å². The summed E-state index contributed by atoms with van der Waals surface area (Å²) in [5.41, 5.74) is 5.13. The van der Waals surface area contributed by atoms with Crippen LogP contribution in [0.15, 0.2) is 0 Å². The Bertz CT molecular complexity index is 244. The van der Waals surface area contributed by atoms with Crippen LogP contribution < -0.4 is 16.4 Å². The molecule has 1 unspecified atom stereocenters. The normalized spacial score (nSPS) is 11.9. The van der Waals surface area contributed by atoms with Crippen LogP contribution in [0, 0.1) is 5.92 Å². The summed E-state index contributed by atoms with van der Waals surface area (Å²) in [5.74, 6) is 0.0970. The second-order valence-electron chi connectivity index (χ2n) is 4.58. The van der Waals surface area contributed by atoms with Gasteiger partial charge in [-0.25, -0.2) is 0 Å². The molecule has 0 saturated carbocycles. The van der Waals surface area contributed by atoms with E-state index >= 15 is 0 Å². The van der Waals surface area contributed by atoms with Gasteiger partial charge in [-0.05, 0) is 18.8 Å². The van der Waals surface area contributed by atoms with Crippen molar-refractivity contribution in [1.82, 2.24) is 10.6 Å². The minimum atomic E-state index is -0.304. The van der Waals surface area contributed by atoms with Crippen LogP contribution >= 0.6 is 0 Å². The first kappa shape index (κ1) is 16.9. The second kappa shape index (κ2) is 11.0. The highest BCUT2D eigenvalue weighted by atomic mass is 16.2. The van der Waals surface area contributed by atoms with Crippen LogP contribution in [0.2, 0.25) is 0 Å². The Labute approximate surface area is 110 Å². The standard InChI is InChI=1S/C13H27N3O2/c1-3-5-7-11(6-4-2)9-15-13(18)10-16-12(17)8-14/h11H,3-10,14H2,1-2H3,(H,15,18)(H,16,17). The van der Waals surface area contributed by atoms with Crippen molar-refractivity contribution in [2.45, 2.75) is 46.0 Å². The van der Waals surface area contributed by atoms with E-state index in [1.807, 2.05) is 0 Å². The number of hydrogen-bond acceptors (Lipinski definition) is 3. The molecule has 1 atom stereocenters. The molecule has 0 aromatic rings. The minimum Gasteiger partial charge on any atom is -0.354 e. The Morgan fingerprint density at radius 2 is 1.78 bits per heavy atom. The van der Waals surface area contributed by atoms with Crippen molar-refractivity contribution in [3.8, 4) is 0 Å². The molecule has 0 rings (SSSR count). The van der Waals surface area contributed by atoms with E-state index in [0.29, 0.717) is 12.5 Å². The van der Waals surface area contributed by atoms with Gasteiger partial charge in [0.15, 0.2) is 0 Å². The highest BCUT2D eigenvalue weighted by molar-refractivity contribution is 5.85. The Morgan fingerprint density at radius 1 is 1.06 bits per heavy atom. The summed E-state index contributed by atoms with van der Waals surface area (Å²) in [7, 11) is 0. The zero-order chi connectivity index (χ0) is 13.8. The van der Waals surface area contributed by atoms with Gasteiger partial charge in [-0.1, -0.05) is 33.1 Å². The van der Waals surface area contributed by atoms with Crippen molar-refractivity contribution in [3.63, 3.8) is 0 Å². The van der Waals surface area contributed by atoms with Gasteiger partial charge in [-0.3, -0.25) is 9.59 Å². The van der Waals surface area contributed by atoms with Crippen LogP contribution in [0.1, 0.15) is 46.0 Å². The van der Waals surface area contributed by atoms with Gasteiger partial charge >= 0.3 is 0 Å².